The van der Waals surface area contributed by atoms with Crippen molar-refractivity contribution in [3.8, 4) is 0 Å². The van der Waals surface area contributed by atoms with Crippen LogP contribution in [0.3, 0.4) is 0 Å². The highest BCUT2D eigenvalue weighted by molar-refractivity contribution is 5.95. The number of anilines is 1. The number of azo groups is 1. The summed E-state index contributed by atoms with van der Waals surface area (Å²) in [5.41, 5.74) is 3.44. The number of aromatic carboxylic acids is 1. The summed E-state index contributed by atoms with van der Waals surface area (Å²) in [5, 5.41) is 17.7. The first kappa shape index (κ1) is 15.1. The summed E-state index contributed by atoms with van der Waals surface area (Å²) in [6.07, 6.45) is 1.97. The van der Waals surface area contributed by atoms with E-state index < -0.39 is 5.97 Å². The molecule has 6 heteroatoms. The average molecular weight is 310 g/mol. The van der Waals surface area contributed by atoms with Gasteiger partial charge in [0.1, 0.15) is 5.69 Å². The number of nitrogens with zero attached hydrogens (tertiary/aromatic N) is 4. The maximum absolute atomic E-state index is 11.5. The van der Waals surface area contributed by atoms with Crippen LogP contribution in [0.15, 0.2) is 40.6 Å². The van der Waals surface area contributed by atoms with Gasteiger partial charge in [-0.05, 0) is 49.6 Å². The van der Waals surface area contributed by atoms with Crippen molar-refractivity contribution in [1.82, 2.24) is 4.98 Å². The molecule has 0 radical (unpaired) electrons. The van der Waals surface area contributed by atoms with Gasteiger partial charge in [0.25, 0.3) is 0 Å². The minimum atomic E-state index is -1.00. The lowest BCUT2D eigenvalue weighted by Gasteiger charge is -2.28. The predicted molar refractivity (Wildman–Crippen MR) is 88.1 cm³/mol. The fourth-order valence-electron chi connectivity index (χ4n) is 2.75. The summed E-state index contributed by atoms with van der Waals surface area (Å²) < 4.78 is 0. The molecule has 1 aliphatic heterocycles. The molecule has 1 aliphatic rings. The molecule has 0 saturated heterocycles. The van der Waals surface area contributed by atoms with E-state index in [2.05, 4.69) is 20.1 Å². The summed E-state index contributed by atoms with van der Waals surface area (Å²) in [7, 11) is 1.97. The molecule has 0 unspecified atom stereocenters. The van der Waals surface area contributed by atoms with Crippen LogP contribution < -0.4 is 4.90 Å². The first-order chi connectivity index (χ1) is 11.0. The molecular formula is C17H18N4O2. The number of carboxylic acid groups (broad SMARTS) is 1. The van der Waals surface area contributed by atoms with Gasteiger partial charge in [-0.1, -0.05) is 6.07 Å². The van der Waals surface area contributed by atoms with Crippen molar-refractivity contribution >= 4 is 23.2 Å². The van der Waals surface area contributed by atoms with Crippen LogP contribution in [-0.4, -0.2) is 29.7 Å². The molecule has 0 saturated carbocycles. The molecule has 1 aromatic heterocycles. The molecule has 0 spiro atoms. The lowest BCUT2D eigenvalue weighted by molar-refractivity contribution is 0.0698. The van der Waals surface area contributed by atoms with Crippen molar-refractivity contribution in [1.29, 1.82) is 0 Å². The van der Waals surface area contributed by atoms with Gasteiger partial charge in [-0.2, -0.15) is 0 Å². The van der Waals surface area contributed by atoms with E-state index in [0.717, 1.165) is 36.3 Å². The van der Waals surface area contributed by atoms with Crippen LogP contribution in [0.25, 0.3) is 0 Å². The van der Waals surface area contributed by atoms with Crippen molar-refractivity contribution in [2.45, 2.75) is 19.8 Å². The molecule has 3 rings (SSSR count). The third-order valence-electron chi connectivity index (χ3n) is 3.91. The molecule has 0 fully saturated rings. The van der Waals surface area contributed by atoms with E-state index in [9.17, 15) is 9.90 Å². The molecular weight excluding hydrogens is 292 g/mol. The topological polar surface area (TPSA) is 78.1 Å². The highest BCUT2D eigenvalue weighted by atomic mass is 16.4. The van der Waals surface area contributed by atoms with Crippen LogP contribution >= 0.6 is 0 Å². The van der Waals surface area contributed by atoms with E-state index in [1.54, 1.807) is 12.1 Å². The van der Waals surface area contributed by atoms with Gasteiger partial charge in [0.05, 0.1) is 5.56 Å². The number of rotatable bonds is 3. The van der Waals surface area contributed by atoms with E-state index in [1.807, 2.05) is 32.2 Å². The largest absolute Gasteiger partial charge is 0.478 e. The van der Waals surface area contributed by atoms with Crippen LogP contribution in [0.2, 0.25) is 0 Å². The summed E-state index contributed by atoms with van der Waals surface area (Å²) in [5.74, 6) is -0.533. The molecule has 0 amide bonds. The van der Waals surface area contributed by atoms with Gasteiger partial charge >= 0.3 is 5.97 Å². The van der Waals surface area contributed by atoms with Gasteiger partial charge in [-0.3, -0.25) is 0 Å². The Morgan fingerprint density at radius 2 is 2.13 bits per heavy atom. The number of benzene rings is 1. The lowest BCUT2D eigenvalue weighted by Crippen LogP contribution is -2.25. The second-order valence-corrected chi connectivity index (χ2v) is 5.67. The maximum atomic E-state index is 11.5. The first-order valence-electron chi connectivity index (χ1n) is 7.51. The third-order valence-corrected chi connectivity index (χ3v) is 3.91. The summed E-state index contributed by atoms with van der Waals surface area (Å²) in [4.78, 5) is 17.9. The highest BCUT2D eigenvalue weighted by Crippen LogP contribution is 2.33. The number of pyridine rings is 1. The quantitative estimate of drug-likeness (QED) is 0.872. The molecule has 118 valence electrons. The van der Waals surface area contributed by atoms with Crippen LogP contribution in [0.4, 0.5) is 17.2 Å². The molecule has 2 aromatic rings. The third kappa shape index (κ3) is 3.21. The molecule has 0 bridgehead atoms. The number of hydrogen-bond acceptors (Lipinski definition) is 5. The average Bonchev–Trinajstić information content (AvgIpc) is 2.52. The minimum absolute atomic E-state index is 0.161. The van der Waals surface area contributed by atoms with Crippen molar-refractivity contribution in [3.63, 3.8) is 0 Å². The van der Waals surface area contributed by atoms with E-state index in [-0.39, 0.29) is 5.56 Å². The van der Waals surface area contributed by atoms with Crippen LogP contribution in [0, 0.1) is 6.92 Å². The van der Waals surface area contributed by atoms with E-state index >= 15 is 0 Å². The van der Waals surface area contributed by atoms with Crippen molar-refractivity contribution in [3.05, 3.63) is 47.2 Å². The summed E-state index contributed by atoms with van der Waals surface area (Å²) in [6.45, 7) is 2.80. The van der Waals surface area contributed by atoms with Gasteiger partial charge in [-0.15, -0.1) is 10.2 Å². The Morgan fingerprint density at radius 1 is 1.30 bits per heavy atom. The molecule has 2 heterocycles. The maximum Gasteiger partial charge on any atom is 0.338 e. The first-order valence-corrected chi connectivity index (χ1v) is 7.51. The molecule has 23 heavy (non-hydrogen) atoms. The second-order valence-electron chi connectivity index (χ2n) is 5.67. The van der Waals surface area contributed by atoms with Crippen molar-refractivity contribution in [2.75, 3.05) is 18.5 Å². The Bertz CT molecular complexity index is 786. The number of carbonyl (C=O) groups is 1. The van der Waals surface area contributed by atoms with Crippen LogP contribution in [0.5, 0.6) is 0 Å². The number of aryl methyl sites for hydroxylation is 2. The number of fused-ring (bicyclic) bond motifs is 1. The Hall–Kier alpha value is -2.76. The molecule has 1 aromatic carbocycles. The minimum Gasteiger partial charge on any atom is -0.478 e. The zero-order chi connectivity index (χ0) is 16.4. The van der Waals surface area contributed by atoms with Crippen molar-refractivity contribution in [2.24, 2.45) is 10.2 Å². The monoisotopic (exact) mass is 310 g/mol. The van der Waals surface area contributed by atoms with Gasteiger partial charge in [0, 0.05) is 25.0 Å². The van der Waals surface area contributed by atoms with Crippen LogP contribution in [-0.2, 0) is 6.42 Å². The Balaban J connectivity index is 2.02. The SMILES string of the molecule is Cc1cccc(N=Nc2cc3c(cc2C(=O)O)N(C)CCC3)n1. The van der Waals surface area contributed by atoms with Crippen LogP contribution in [0.1, 0.15) is 28.0 Å². The Kier molecular flexibility index (Phi) is 4.06. The lowest BCUT2D eigenvalue weighted by atomic mass is 9.98. The Labute approximate surface area is 134 Å². The fraction of sp³-hybridized carbons (Fsp3) is 0.294. The number of carboxylic acids is 1. The van der Waals surface area contributed by atoms with E-state index in [4.69, 9.17) is 0 Å². The van der Waals surface area contributed by atoms with Gasteiger partial charge in [-0.25, -0.2) is 9.78 Å². The summed E-state index contributed by atoms with van der Waals surface area (Å²) in [6, 6.07) is 8.97. The zero-order valence-electron chi connectivity index (χ0n) is 13.2. The number of hydrogen-bond donors (Lipinski definition) is 1. The molecule has 6 nitrogen and oxygen atoms in total. The van der Waals surface area contributed by atoms with E-state index in [1.165, 1.54) is 0 Å². The van der Waals surface area contributed by atoms with E-state index in [0.29, 0.717) is 11.5 Å². The number of aromatic nitrogens is 1. The predicted octanol–water partition coefficient (Wildman–Crippen LogP) is 3.89. The van der Waals surface area contributed by atoms with Gasteiger partial charge in [0.15, 0.2) is 5.82 Å². The summed E-state index contributed by atoms with van der Waals surface area (Å²) >= 11 is 0. The zero-order valence-corrected chi connectivity index (χ0v) is 13.2. The highest BCUT2D eigenvalue weighted by Gasteiger charge is 2.20. The van der Waals surface area contributed by atoms with Crippen molar-refractivity contribution < 1.29 is 9.90 Å². The fourth-order valence-corrected chi connectivity index (χ4v) is 2.75. The standard InChI is InChI=1S/C17H18N4O2/c1-11-5-3-7-16(18-11)20-19-14-9-12-6-4-8-21(2)15(12)10-13(14)17(22)23/h3,5,7,9-10H,4,6,8H2,1-2H3,(H,22,23). The Morgan fingerprint density at radius 3 is 2.87 bits per heavy atom. The van der Waals surface area contributed by atoms with Gasteiger partial charge in [0.2, 0.25) is 0 Å². The second kappa shape index (κ2) is 6.16. The van der Waals surface area contributed by atoms with Gasteiger partial charge < -0.3 is 10.0 Å². The smallest absolute Gasteiger partial charge is 0.338 e. The normalized spacial score (nSPS) is 14.1. The molecule has 1 N–H and O–H groups in total. The molecule has 0 atom stereocenters. The molecule has 0 aliphatic carbocycles.